The molecule has 0 spiro atoms. The van der Waals surface area contributed by atoms with Gasteiger partial charge in [0.15, 0.2) is 0 Å². The second kappa shape index (κ2) is 5.55. The quantitative estimate of drug-likeness (QED) is 0.673. The van der Waals surface area contributed by atoms with Crippen LogP contribution in [0.5, 0.6) is 0 Å². The summed E-state index contributed by atoms with van der Waals surface area (Å²) in [4.78, 5) is 2.77. The smallest absolute Gasteiger partial charge is 0.00829 e. The molecule has 0 aliphatic rings. The van der Waals surface area contributed by atoms with Crippen molar-refractivity contribution in [2.45, 2.75) is 23.6 Å². The van der Waals surface area contributed by atoms with Crippen LogP contribution in [0, 0.1) is 0 Å². The molecule has 1 rings (SSSR count). The first-order valence-electron chi connectivity index (χ1n) is 4.22. The molecule has 0 amide bonds. The molecule has 0 heterocycles. The first-order valence-corrected chi connectivity index (χ1v) is 6.19. The van der Waals surface area contributed by atoms with Crippen molar-refractivity contribution in [3.05, 3.63) is 24.3 Å². The summed E-state index contributed by atoms with van der Waals surface area (Å²) in [5.74, 6) is 2.31. The van der Waals surface area contributed by atoms with Crippen molar-refractivity contribution in [1.29, 1.82) is 0 Å². The summed E-state index contributed by atoms with van der Waals surface area (Å²) in [6.07, 6.45) is 0. The Morgan fingerprint density at radius 3 is 1.92 bits per heavy atom. The molecule has 0 bridgehead atoms. The highest BCUT2D eigenvalue weighted by Gasteiger charge is 1.94. The van der Waals surface area contributed by atoms with Crippen LogP contribution in [0.15, 0.2) is 34.1 Å². The van der Waals surface area contributed by atoms with Gasteiger partial charge in [-0.05, 0) is 29.7 Å². The summed E-state index contributed by atoms with van der Waals surface area (Å²) in [5.41, 5.74) is 0. The van der Waals surface area contributed by atoms with Crippen molar-refractivity contribution in [2.75, 3.05) is 11.5 Å². The van der Waals surface area contributed by atoms with Gasteiger partial charge in [0.25, 0.3) is 0 Å². The molecular formula is C10H14S2. The van der Waals surface area contributed by atoms with Crippen LogP contribution in [0.1, 0.15) is 13.8 Å². The van der Waals surface area contributed by atoms with Gasteiger partial charge < -0.3 is 0 Å². The molecule has 1 aromatic carbocycles. The van der Waals surface area contributed by atoms with Gasteiger partial charge in [-0.3, -0.25) is 0 Å². The van der Waals surface area contributed by atoms with E-state index in [4.69, 9.17) is 0 Å². The third kappa shape index (κ3) is 3.11. The van der Waals surface area contributed by atoms with Crippen LogP contribution in [0.2, 0.25) is 0 Å². The Labute approximate surface area is 83.1 Å². The topological polar surface area (TPSA) is 0 Å². The molecule has 0 saturated carbocycles. The fraction of sp³-hybridized carbons (Fsp3) is 0.400. The highest BCUT2D eigenvalue weighted by Crippen LogP contribution is 2.24. The first-order chi connectivity index (χ1) is 5.86. The van der Waals surface area contributed by atoms with Crippen LogP contribution in [0.3, 0.4) is 0 Å². The maximum atomic E-state index is 2.27. The van der Waals surface area contributed by atoms with Crippen LogP contribution in [0.4, 0.5) is 0 Å². The second-order valence-corrected chi connectivity index (χ2v) is 5.02. The zero-order valence-corrected chi connectivity index (χ0v) is 9.17. The van der Waals surface area contributed by atoms with E-state index in [1.54, 1.807) is 0 Å². The van der Waals surface area contributed by atoms with E-state index in [0.717, 1.165) is 11.5 Å². The van der Waals surface area contributed by atoms with E-state index in [1.807, 2.05) is 23.5 Å². The minimum atomic E-state index is 1.15. The van der Waals surface area contributed by atoms with Crippen LogP contribution in [-0.4, -0.2) is 11.5 Å². The summed E-state index contributed by atoms with van der Waals surface area (Å²) in [5, 5.41) is 0. The van der Waals surface area contributed by atoms with E-state index in [1.165, 1.54) is 9.79 Å². The van der Waals surface area contributed by atoms with E-state index >= 15 is 0 Å². The minimum absolute atomic E-state index is 1.15. The van der Waals surface area contributed by atoms with Crippen LogP contribution in [0.25, 0.3) is 0 Å². The molecule has 66 valence electrons. The Bertz CT molecular complexity index is 212. The van der Waals surface area contributed by atoms with Crippen molar-refractivity contribution < 1.29 is 0 Å². The number of rotatable bonds is 4. The zero-order chi connectivity index (χ0) is 8.81. The highest BCUT2D eigenvalue weighted by molar-refractivity contribution is 8.00. The Kier molecular flexibility index (Phi) is 4.62. The van der Waals surface area contributed by atoms with Crippen molar-refractivity contribution in [3.63, 3.8) is 0 Å². The van der Waals surface area contributed by atoms with E-state index in [2.05, 4.69) is 38.1 Å². The van der Waals surface area contributed by atoms with Crippen molar-refractivity contribution in [2.24, 2.45) is 0 Å². The molecule has 0 fully saturated rings. The molecule has 0 nitrogen and oxygen atoms in total. The lowest BCUT2D eigenvalue weighted by atomic mass is 10.4. The number of thioether (sulfide) groups is 2. The first kappa shape index (κ1) is 10.0. The van der Waals surface area contributed by atoms with Gasteiger partial charge in [-0.25, -0.2) is 0 Å². The Hall–Kier alpha value is -0.0800. The maximum Gasteiger partial charge on any atom is 0.00829 e. The fourth-order valence-electron chi connectivity index (χ4n) is 0.987. The van der Waals surface area contributed by atoms with Gasteiger partial charge in [-0.15, -0.1) is 23.5 Å². The zero-order valence-electron chi connectivity index (χ0n) is 7.54. The van der Waals surface area contributed by atoms with Crippen molar-refractivity contribution >= 4 is 23.5 Å². The third-order valence-electron chi connectivity index (χ3n) is 1.43. The standard InChI is InChI=1S/C10H14S2/c1-3-11-9-6-5-7-10(8-9)12-4-2/h5-8H,3-4H2,1-2H3. The highest BCUT2D eigenvalue weighted by atomic mass is 32.2. The predicted molar refractivity (Wildman–Crippen MR) is 59.2 cm³/mol. The van der Waals surface area contributed by atoms with Gasteiger partial charge in [-0.1, -0.05) is 19.9 Å². The van der Waals surface area contributed by atoms with Crippen LogP contribution in [-0.2, 0) is 0 Å². The molecular weight excluding hydrogens is 184 g/mol. The second-order valence-electron chi connectivity index (χ2n) is 2.34. The lowest BCUT2D eigenvalue weighted by Crippen LogP contribution is -1.75. The molecule has 0 N–H and O–H groups in total. The van der Waals surface area contributed by atoms with Crippen molar-refractivity contribution in [3.8, 4) is 0 Å². The van der Waals surface area contributed by atoms with E-state index in [9.17, 15) is 0 Å². The largest absolute Gasteiger partial charge is 0.126 e. The van der Waals surface area contributed by atoms with Crippen LogP contribution >= 0.6 is 23.5 Å². The molecule has 0 atom stereocenters. The van der Waals surface area contributed by atoms with Gasteiger partial charge >= 0.3 is 0 Å². The Balaban J connectivity index is 2.67. The van der Waals surface area contributed by atoms with E-state index < -0.39 is 0 Å². The average Bonchev–Trinajstić information content (AvgIpc) is 2.06. The summed E-state index contributed by atoms with van der Waals surface area (Å²) in [7, 11) is 0. The van der Waals surface area contributed by atoms with Crippen molar-refractivity contribution in [1.82, 2.24) is 0 Å². The third-order valence-corrected chi connectivity index (χ3v) is 3.18. The average molecular weight is 198 g/mol. The summed E-state index contributed by atoms with van der Waals surface area (Å²) < 4.78 is 0. The van der Waals surface area contributed by atoms with Gasteiger partial charge in [0.2, 0.25) is 0 Å². The number of hydrogen-bond donors (Lipinski definition) is 0. The maximum absolute atomic E-state index is 2.27. The summed E-state index contributed by atoms with van der Waals surface area (Å²) in [6, 6.07) is 8.75. The number of benzene rings is 1. The SMILES string of the molecule is CCSc1cccc(SCC)c1. The molecule has 1 aromatic rings. The molecule has 0 saturated heterocycles. The molecule has 2 heteroatoms. The van der Waals surface area contributed by atoms with Gasteiger partial charge in [0.1, 0.15) is 0 Å². The normalized spacial score (nSPS) is 10.2. The summed E-state index contributed by atoms with van der Waals surface area (Å²) >= 11 is 3.80. The molecule has 0 aliphatic carbocycles. The lowest BCUT2D eigenvalue weighted by molar-refractivity contribution is 1.32. The Morgan fingerprint density at radius 1 is 1.00 bits per heavy atom. The summed E-state index contributed by atoms with van der Waals surface area (Å²) in [6.45, 7) is 4.37. The van der Waals surface area contributed by atoms with E-state index in [0.29, 0.717) is 0 Å². The van der Waals surface area contributed by atoms with Gasteiger partial charge in [0.05, 0.1) is 0 Å². The van der Waals surface area contributed by atoms with Gasteiger partial charge in [-0.2, -0.15) is 0 Å². The van der Waals surface area contributed by atoms with Crippen LogP contribution < -0.4 is 0 Å². The number of hydrogen-bond acceptors (Lipinski definition) is 2. The monoisotopic (exact) mass is 198 g/mol. The lowest BCUT2D eigenvalue weighted by Gasteiger charge is -2.01. The molecule has 0 aromatic heterocycles. The predicted octanol–water partition coefficient (Wildman–Crippen LogP) is 3.91. The van der Waals surface area contributed by atoms with Gasteiger partial charge in [0, 0.05) is 9.79 Å². The molecule has 0 radical (unpaired) electrons. The Morgan fingerprint density at radius 2 is 1.50 bits per heavy atom. The van der Waals surface area contributed by atoms with E-state index in [-0.39, 0.29) is 0 Å². The molecule has 0 unspecified atom stereocenters. The molecule has 0 aliphatic heterocycles. The molecule has 12 heavy (non-hydrogen) atoms. The fourth-order valence-corrected chi connectivity index (χ4v) is 2.50. The minimum Gasteiger partial charge on any atom is -0.126 e.